The van der Waals surface area contributed by atoms with Crippen molar-refractivity contribution in [3.63, 3.8) is 0 Å². The smallest absolute Gasteiger partial charge is 0.337 e. The highest BCUT2D eigenvalue weighted by Gasteiger charge is 2.26. The van der Waals surface area contributed by atoms with E-state index in [9.17, 15) is 9.59 Å². The molecule has 5 nitrogen and oxygen atoms in total. The first-order valence-electron chi connectivity index (χ1n) is 6.43. The van der Waals surface area contributed by atoms with E-state index in [1.165, 1.54) is 11.0 Å². The molecular formula is C15H16N2O3. The Morgan fingerprint density at radius 2 is 2.10 bits per heavy atom. The standard InChI is InChI=1S/C15H16N2O3/c1-2-9-17(10-11-7-8-11)15(20)16-13-6-4-3-5-12(13)14(18)19/h1,3-6,11H,7-10H2,(H,16,20)(H,18,19). The van der Waals surface area contributed by atoms with E-state index in [2.05, 4.69) is 11.2 Å². The van der Waals surface area contributed by atoms with Crippen molar-refractivity contribution in [3.05, 3.63) is 29.8 Å². The Hall–Kier alpha value is -2.48. The number of amides is 2. The van der Waals surface area contributed by atoms with Gasteiger partial charge in [-0.2, -0.15) is 0 Å². The lowest BCUT2D eigenvalue weighted by atomic mass is 10.2. The highest BCUT2D eigenvalue weighted by atomic mass is 16.4. The number of aromatic carboxylic acids is 1. The minimum atomic E-state index is -1.08. The minimum absolute atomic E-state index is 0.0629. The van der Waals surface area contributed by atoms with Gasteiger partial charge in [0.2, 0.25) is 0 Å². The zero-order chi connectivity index (χ0) is 14.5. The molecule has 1 aliphatic rings. The molecule has 0 spiro atoms. The molecule has 0 aromatic heterocycles. The molecule has 1 aromatic carbocycles. The van der Waals surface area contributed by atoms with Crippen LogP contribution in [0, 0.1) is 18.3 Å². The Balaban J connectivity index is 2.09. The van der Waals surface area contributed by atoms with Crippen LogP contribution in [0.15, 0.2) is 24.3 Å². The molecular weight excluding hydrogens is 256 g/mol. The molecule has 0 heterocycles. The number of carboxylic acids is 1. The number of nitrogens with zero attached hydrogens (tertiary/aromatic N) is 1. The number of carbonyl (C=O) groups excluding carboxylic acids is 1. The van der Waals surface area contributed by atoms with E-state index in [1.54, 1.807) is 18.2 Å². The van der Waals surface area contributed by atoms with Gasteiger partial charge in [0.25, 0.3) is 0 Å². The second-order valence-corrected chi connectivity index (χ2v) is 4.81. The predicted molar refractivity (Wildman–Crippen MR) is 75.6 cm³/mol. The molecule has 0 radical (unpaired) electrons. The molecule has 20 heavy (non-hydrogen) atoms. The normalized spacial score (nSPS) is 13.3. The molecule has 0 bridgehead atoms. The van der Waals surface area contributed by atoms with E-state index >= 15 is 0 Å². The fraction of sp³-hybridized carbons (Fsp3) is 0.333. The van der Waals surface area contributed by atoms with Crippen LogP contribution in [0.2, 0.25) is 0 Å². The number of anilines is 1. The van der Waals surface area contributed by atoms with Crippen molar-refractivity contribution in [1.82, 2.24) is 4.90 Å². The number of carboxylic acid groups (broad SMARTS) is 1. The Bertz CT molecular complexity index is 558. The van der Waals surface area contributed by atoms with Gasteiger partial charge in [-0.05, 0) is 30.9 Å². The molecule has 0 saturated heterocycles. The van der Waals surface area contributed by atoms with Crippen molar-refractivity contribution in [3.8, 4) is 12.3 Å². The maximum atomic E-state index is 12.2. The van der Waals surface area contributed by atoms with Gasteiger partial charge in [0.15, 0.2) is 0 Å². The molecule has 1 saturated carbocycles. The molecule has 2 N–H and O–H groups in total. The van der Waals surface area contributed by atoms with Crippen molar-refractivity contribution < 1.29 is 14.7 Å². The van der Waals surface area contributed by atoms with Crippen molar-refractivity contribution in [2.45, 2.75) is 12.8 Å². The lowest BCUT2D eigenvalue weighted by molar-refractivity contribution is 0.0698. The summed E-state index contributed by atoms with van der Waals surface area (Å²) in [5, 5.41) is 11.7. The van der Waals surface area contributed by atoms with Gasteiger partial charge < -0.3 is 15.3 Å². The number of para-hydroxylation sites is 1. The Morgan fingerprint density at radius 1 is 1.40 bits per heavy atom. The van der Waals surface area contributed by atoms with Gasteiger partial charge in [0.1, 0.15) is 0 Å². The summed E-state index contributed by atoms with van der Waals surface area (Å²) in [6, 6.07) is 5.94. The quantitative estimate of drug-likeness (QED) is 0.808. The summed E-state index contributed by atoms with van der Waals surface area (Å²) < 4.78 is 0. The molecule has 0 atom stereocenters. The van der Waals surface area contributed by atoms with Crippen LogP contribution in [0.25, 0.3) is 0 Å². The van der Waals surface area contributed by atoms with Gasteiger partial charge in [0.05, 0.1) is 17.8 Å². The van der Waals surface area contributed by atoms with Gasteiger partial charge in [-0.15, -0.1) is 6.42 Å². The average Bonchev–Trinajstić information content (AvgIpc) is 3.22. The van der Waals surface area contributed by atoms with Crippen molar-refractivity contribution in [2.75, 3.05) is 18.4 Å². The van der Waals surface area contributed by atoms with Gasteiger partial charge in [0, 0.05) is 6.54 Å². The van der Waals surface area contributed by atoms with Crippen LogP contribution in [0.4, 0.5) is 10.5 Å². The van der Waals surface area contributed by atoms with Gasteiger partial charge in [-0.25, -0.2) is 9.59 Å². The van der Waals surface area contributed by atoms with Crippen molar-refractivity contribution in [1.29, 1.82) is 0 Å². The third-order valence-electron chi connectivity index (χ3n) is 3.14. The summed E-state index contributed by atoms with van der Waals surface area (Å²) in [5.74, 6) is 1.89. The van der Waals surface area contributed by atoms with E-state index in [1.807, 2.05) is 0 Å². The van der Waals surface area contributed by atoms with E-state index in [0.29, 0.717) is 12.5 Å². The number of hydrogen-bond donors (Lipinski definition) is 2. The summed E-state index contributed by atoms with van der Waals surface area (Å²) in [5.41, 5.74) is 0.343. The first kappa shape index (κ1) is 13.9. The van der Waals surface area contributed by atoms with Crippen LogP contribution in [-0.2, 0) is 0 Å². The SMILES string of the molecule is C#CCN(CC1CC1)C(=O)Nc1ccccc1C(=O)O. The second kappa shape index (κ2) is 6.11. The van der Waals surface area contributed by atoms with Crippen LogP contribution in [0.5, 0.6) is 0 Å². The number of hydrogen-bond acceptors (Lipinski definition) is 2. The lowest BCUT2D eigenvalue weighted by Crippen LogP contribution is -2.37. The molecule has 5 heteroatoms. The molecule has 1 aliphatic carbocycles. The fourth-order valence-electron chi connectivity index (χ4n) is 1.91. The summed E-state index contributed by atoms with van der Waals surface area (Å²) >= 11 is 0. The highest BCUT2D eigenvalue weighted by molar-refractivity contribution is 6.00. The van der Waals surface area contributed by atoms with Crippen LogP contribution < -0.4 is 5.32 Å². The number of rotatable bonds is 5. The topological polar surface area (TPSA) is 69.6 Å². The zero-order valence-electron chi connectivity index (χ0n) is 11.0. The Morgan fingerprint density at radius 3 is 2.70 bits per heavy atom. The van der Waals surface area contributed by atoms with E-state index in [0.717, 1.165) is 12.8 Å². The first-order valence-corrected chi connectivity index (χ1v) is 6.43. The van der Waals surface area contributed by atoms with Gasteiger partial charge in [-0.1, -0.05) is 18.1 Å². The maximum Gasteiger partial charge on any atom is 0.337 e. The maximum absolute atomic E-state index is 12.2. The highest BCUT2D eigenvalue weighted by Crippen LogP contribution is 2.29. The summed E-state index contributed by atoms with van der Waals surface area (Å²) in [6.45, 7) is 0.836. The first-order chi connectivity index (χ1) is 9.61. The lowest BCUT2D eigenvalue weighted by Gasteiger charge is -2.21. The summed E-state index contributed by atoms with van der Waals surface area (Å²) in [4.78, 5) is 24.8. The summed E-state index contributed by atoms with van der Waals surface area (Å²) in [6.07, 6.45) is 7.49. The number of urea groups is 1. The number of terminal acetylenes is 1. The second-order valence-electron chi connectivity index (χ2n) is 4.81. The molecule has 0 aliphatic heterocycles. The Labute approximate surface area is 117 Å². The Kier molecular flexibility index (Phi) is 4.26. The largest absolute Gasteiger partial charge is 0.478 e. The molecule has 2 rings (SSSR count). The van der Waals surface area contributed by atoms with Gasteiger partial charge >= 0.3 is 12.0 Å². The zero-order valence-corrected chi connectivity index (χ0v) is 11.0. The van der Waals surface area contributed by atoms with E-state index in [-0.39, 0.29) is 23.8 Å². The van der Waals surface area contributed by atoms with Crippen LogP contribution in [0.1, 0.15) is 23.2 Å². The minimum Gasteiger partial charge on any atom is -0.478 e. The van der Waals surface area contributed by atoms with Crippen LogP contribution in [-0.4, -0.2) is 35.1 Å². The van der Waals surface area contributed by atoms with Crippen LogP contribution in [0.3, 0.4) is 0 Å². The molecule has 2 amide bonds. The fourth-order valence-corrected chi connectivity index (χ4v) is 1.91. The molecule has 1 fully saturated rings. The van der Waals surface area contributed by atoms with Crippen molar-refractivity contribution >= 4 is 17.7 Å². The monoisotopic (exact) mass is 272 g/mol. The van der Waals surface area contributed by atoms with E-state index < -0.39 is 5.97 Å². The van der Waals surface area contributed by atoms with Gasteiger partial charge in [-0.3, -0.25) is 0 Å². The average molecular weight is 272 g/mol. The third kappa shape index (κ3) is 3.51. The molecule has 0 unspecified atom stereocenters. The van der Waals surface area contributed by atoms with E-state index in [4.69, 9.17) is 11.5 Å². The predicted octanol–water partition coefficient (Wildman–Crippen LogP) is 2.26. The summed E-state index contributed by atoms with van der Waals surface area (Å²) in [7, 11) is 0. The molecule has 104 valence electrons. The molecule has 1 aromatic rings. The van der Waals surface area contributed by atoms with Crippen LogP contribution >= 0.6 is 0 Å². The number of benzene rings is 1. The number of carbonyl (C=O) groups is 2. The number of nitrogens with one attached hydrogen (secondary N) is 1. The van der Waals surface area contributed by atoms with Crippen molar-refractivity contribution in [2.24, 2.45) is 5.92 Å². The third-order valence-corrected chi connectivity index (χ3v) is 3.14.